The first kappa shape index (κ1) is 18.9. The van der Waals surface area contributed by atoms with Gasteiger partial charge in [0, 0.05) is 11.0 Å². The third-order valence-corrected chi connectivity index (χ3v) is 4.99. The highest BCUT2D eigenvalue weighted by Gasteiger charge is 2.35. The largest absolute Gasteiger partial charge is 0.344 e. The van der Waals surface area contributed by atoms with Gasteiger partial charge in [-0.05, 0) is 38.0 Å². The number of carbonyl (C=O) groups excluding carboxylic acids is 1. The molecule has 0 radical (unpaired) electrons. The normalized spacial score (nSPS) is 15.8. The fourth-order valence-electron chi connectivity index (χ4n) is 3.12. The van der Waals surface area contributed by atoms with Crippen LogP contribution in [0.1, 0.15) is 41.9 Å². The molecule has 1 fully saturated rings. The maximum atomic E-state index is 12.6. The highest BCUT2D eigenvalue weighted by molar-refractivity contribution is 9.10. The summed E-state index contributed by atoms with van der Waals surface area (Å²) in [6, 6.07) is 7.71. The molecule has 0 unspecified atom stereocenters. The van der Waals surface area contributed by atoms with Gasteiger partial charge in [-0.1, -0.05) is 40.1 Å². The number of benzene rings is 1. The van der Waals surface area contributed by atoms with Crippen molar-refractivity contribution in [2.45, 2.75) is 38.1 Å². The molecule has 0 aliphatic heterocycles. The summed E-state index contributed by atoms with van der Waals surface area (Å²) in [4.78, 5) is 12.6. The third-order valence-electron chi connectivity index (χ3n) is 4.49. The van der Waals surface area contributed by atoms with Crippen LogP contribution in [0.4, 0.5) is 0 Å². The van der Waals surface area contributed by atoms with Gasteiger partial charge in [0.1, 0.15) is 0 Å². The van der Waals surface area contributed by atoms with Crippen LogP contribution in [-0.4, -0.2) is 33.0 Å². The molecule has 0 spiro atoms. The first-order valence-corrected chi connectivity index (χ1v) is 8.55. The molecule has 0 bridgehead atoms. The number of hydrogen-bond donors (Lipinski definition) is 2. The van der Waals surface area contributed by atoms with Gasteiger partial charge in [-0.2, -0.15) is 0 Å². The van der Waals surface area contributed by atoms with Crippen molar-refractivity contribution < 1.29 is 4.79 Å². The zero-order valence-electron chi connectivity index (χ0n) is 13.5. The zero-order chi connectivity index (χ0) is 16.4. The SMILES string of the molecule is Cc1c(C(=O)NC2(CN)CCCC2)nnn1-c1cccc(Br)c1.Cl. The van der Waals surface area contributed by atoms with E-state index in [1.165, 1.54) is 0 Å². The smallest absolute Gasteiger partial charge is 0.274 e. The number of carbonyl (C=O) groups is 1. The van der Waals surface area contributed by atoms with E-state index in [0.29, 0.717) is 17.9 Å². The Morgan fingerprint density at radius 3 is 2.75 bits per heavy atom. The molecule has 1 aliphatic carbocycles. The molecule has 6 nitrogen and oxygen atoms in total. The van der Waals surface area contributed by atoms with Crippen molar-refractivity contribution in [3.05, 3.63) is 40.1 Å². The van der Waals surface area contributed by atoms with Crippen LogP contribution in [0.5, 0.6) is 0 Å². The Bertz CT molecular complexity index is 727. The molecule has 1 heterocycles. The van der Waals surface area contributed by atoms with Crippen molar-refractivity contribution in [3.8, 4) is 5.69 Å². The summed E-state index contributed by atoms with van der Waals surface area (Å²) >= 11 is 3.44. The van der Waals surface area contributed by atoms with Crippen LogP contribution in [0.3, 0.4) is 0 Å². The number of nitrogens with two attached hydrogens (primary N) is 1. The molecule has 3 rings (SSSR count). The fraction of sp³-hybridized carbons (Fsp3) is 0.438. The van der Waals surface area contributed by atoms with Crippen LogP contribution in [0.15, 0.2) is 28.7 Å². The van der Waals surface area contributed by atoms with E-state index in [1.807, 2.05) is 31.2 Å². The second-order valence-corrected chi connectivity index (χ2v) is 6.98. The first-order chi connectivity index (χ1) is 11.0. The van der Waals surface area contributed by atoms with Gasteiger partial charge in [-0.15, -0.1) is 17.5 Å². The van der Waals surface area contributed by atoms with Crippen molar-refractivity contribution in [2.75, 3.05) is 6.54 Å². The van der Waals surface area contributed by atoms with Gasteiger partial charge in [0.15, 0.2) is 5.69 Å². The summed E-state index contributed by atoms with van der Waals surface area (Å²) in [6.45, 7) is 2.30. The lowest BCUT2D eigenvalue weighted by atomic mass is 9.97. The molecular weight excluding hydrogens is 394 g/mol. The van der Waals surface area contributed by atoms with Gasteiger partial charge >= 0.3 is 0 Å². The van der Waals surface area contributed by atoms with E-state index in [0.717, 1.165) is 35.8 Å². The third kappa shape index (κ3) is 3.63. The Balaban J connectivity index is 0.00000208. The average molecular weight is 415 g/mol. The maximum absolute atomic E-state index is 12.6. The second-order valence-electron chi connectivity index (χ2n) is 6.06. The summed E-state index contributed by atoms with van der Waals surface area (Å²) in [6.07, 6.45) is 4.05. The molecular formula is C16H21BrClN5O. The lowest BCUT2D eigenvalue weighted by Crippen LogP contribution is -2.51. The summed E-state index contributed by atoms with van der Waals surface area (Å²) in [5.41, 5.74) is 7.52. The van der Waals surface area contributed by atoms with Crippen LogP contribution in [0.25, 0.3) is 5.69 Å². The standard InChI is InChI=1S/C16H20BrN5O.ClH/c1-11-14(15(23)19-16(10-18)7-2-3-8-16)20-21-22(11)13-6-4-5-12(17)9-13;/h4-6,9H,2-3,7-8,10,18H2,1H3,(H,19,23);1H. The van der Waals surface area contributed by atoms with E-state index >= 15 is 0 Å². The lowest BCUT2D eigenvalue weighted by molar-refractivity contribution is 0.0897. The van der Waals surface area contributed by atoms with E-state index in [2.05, 4.69) is 31.6 Å². The highest BCUT2D eigenvalue weighted by atomic mass is 79.9. The zero-order valence-corrected chi connectivity index (χ0v) is 15.9. The Morgan fingerprint density at radius 1 is 1.42 bits per heavy atom. The average Bonchev–Trinajstić information content (AvgIpc) is 3.14. The van der Waals surface area contributed by atoms with Crippen molar-refractivity contribution >= 4 is 34.2 Å². The van der Waals surface area contributed by atoms with Gasteiger partial charge in [-0.25, -0.2) is 4.68 Å². The second kappa shape index (κ2) is 7.63. The molecule has 0 atom stereocenters. The summed E-state index contributed by atoms with van der Waals surface area (Å²) in [7, 11) is 0. The number of nitrogens with one attached hydrogen (secondary N) is 1. The van der Waals surface area contributed by atoms with Gasteiger partial charge < -0.3 is 11.1 Å². The Labute approximate surface area is 155 Å². The minimum absolute atomic E-state index is 0. The van der Waals surface area contributed by atoms with Crippen LogP contribution < -0.4 is 11.1 Å². The molecule has 1 amide bonds. The predicted molar refractivity (Wildman–Crippen MR) is 98.8 cm³/mol. The Morgan fingerprint density at radius 2 is 2.12 bits per heavy atom. The Hall–Kier alpha value is -1.44. The van der Waals surface area contributed by atoms with Gasteiger partial charge in [0.2, 0.25) is 0 Å². The topological polar surface area (TPSA) is 85.8 Å². The molecule has 1 aliphatic rings. The molecule has 8 heteroatoms. The van der Waals surface area contributed by atoms with Crippen molar-refractivity contribution in [1.82, 2.24) is 20.3 Å². The van der Waals surface area contributed by atoms with Gasteiger partial charge in [-0.3, -0.25) is 4.79 Å². The molecule has 3 N–H and O–H groups in total. The number of halogens is 2. The molecule has 1 aromatic heterocycles. The predicted octanol–water partition coefficient (Wildman–Crippen LogP) is 2.76. The molecule has 24 heavy (non-hydrogen) atoms. The van der Waals surface area contributed by atoms with Crippen molar-refractivity contribution in [2.24, 2.45) is 5.73 Å². The number of hydrogen-bond acceptors (Lipinski definition) is 4. The number of rotatable bonds is 4. The minimum Gasteiger partial charge on any atom is -0.344 e. The van der Waals surface area contributed by atoms with Crippen LogP contribution in [0.2, 0.25) is 0 Å². The fourth-order valence-corrected chi connectivity index (χ4v) is 3.51. The Kier molecular flexibility index (Phi) is 6.01. The van der Waals surface area contributed by atoms with Crippen molar-refractivity contribution in [1.29, 1.82) is 0 Å². The van der Waals surface area contributed by atoms with E-state index in [1.54, 1.807) is 4.68 Å². The van der Waals surface area contributed by atoms with Crippen LogP contribution in [0, 0.1) is 6.92 Å². The van der Waals surface area contributed by atoms with Crippen LogP contribution in [-0.2, 0) is 0 Å². The maximum Gasteiger partial charge on any atom is 0.274 e. The lowest BCUT2D eigenvalue weighted by Gasteiger charge is -2.28. The highest BCUT2D eigenvalue weighted by Crippen LogP contribution is 2.29. The van der Waals surface area contributed by atoms with Gasteiger partial charge in [0.25, 0.3) is 5.91 Å². The minimum atomic E-state index is -0.289. The molecule has 0 saturated heterocycles. The summed E-state index contributed by atoms with van der Waals surface area (Å²) < 4.78 is 2.62. The summed E-state index contributed by atoms with van der Waals surface area (Å²) in [5, 5.41) is 11.3. The quantitative estimate of drug-likeness (QED) is 0.805. The van der Waals surface area contributed by atoms with E-state index in [4.69, 9.17) is 5.73 Å². The van der Waals surface area contributed by atoms with E-state index in [9.17, 15) is 4.79 Å². The van der Waals surface area contributed by atoms with E-state index in [-0.39, 0.29) is 23.9 Å². The number of nitrogens with zero attached hydrogens (tertiary/aromatic N) is 3. The number of aromatic nitrogens is 3. The van der Waals surface area contributed by atoms with Gasteiger partial charge in [0.05, 0.1) is 16.9 Å². The first-order valence-electron chi connectivity index (χ1n) is 7.75. The molecule has 1 saturated carbocycles. The monoisotopic (exact) mass is 413 g/mol. The molecule has 130 valence electrons. The number of amides is 1. The molecule has 1 aromatic carbocycles. The molecule has 2 aromatic rings. The van der Waals surface area contributed by atoms with Crippen LogP contribution >= 0.6 is 28.3 Å². The van der Waals surface area contributed by atoms with E-state index < -0.39 is 0 Å². The summed E-state index contributed by atoms with van der Waals surface area (Å²) in [5.74, 6) is -0.198. The van der Waals surface area contributed by atoms with Crippen molar-refractivity contribution in [3.63, 3.8) is 0 Å².